The van der Waals surface area contributed by atoms with E-state index in [-0.39, 0.29) is 0 Å². The number of hydrogen-bond acceptors (Lipinski definition) is 4. The Kier molecular flexibility index (Phi) is 2.98. The Morgan fingerprint density at radius 2 is 2.27 bits per heavy atom. The normalized spacial score (nSPS) is 42.8. The third-order valence-corrected chi connectivity index (χ3v) is 4.84. The lowest BCUT2D eigenvalue weighted by Crippen LogP contribution is -2.07. The van der Waals surface area contributed by atoms with Crippen LogP contribution in [0.3, 0.4) is 0 Å². The van der Waals surface area contributed by atoms with Crippen LogP contribution in [0.15, 0.2) is 0 Å². The molecule has 0 aromatic rings. The maximum Gasteiger partial charge on any atom is 0.114 e. The van der Waals surface area contributed by atoms with Gasteiger partial charge in [0, 0.05) is 0 Å². The highest BCUT2D eigenvalue weighted by Gasteiger charge is 2.38. The predicted octanol–water partition coefficient (Wildman–Crippen LogP) is 3.13. The highest BCUT2D eigenvalue weighted by atomic mass is 33.5. The van der Waals surface area contributed by atoms with Crippen LogP contribution in [0.4, 0.5) is 0 Å². The Labute approximate surface area is 80.2 Å². The van der Waals surface area contributed by atoms with Crippen LogP contribution in [0.25, 0.3) is 0 Å². The second-order valence-electron chi connectivity index (χ2n) is 3.20. The van der Waals surface area contributed by atoms with Crippen LogP contribution in [-0.4, -0.2) is 11.5 Å². The van der Waals surface area contributed by atoms with Crippen molar-refractivity contribution in [3.8, 4) is 0 Å². The summed E-state index contributed by atoms with van der Waals surface area (Å²) < 4.78 is 5.82. The molecular formula is C7H12OS3. The Morgan fingerprint density at radius 3 is 3.00 bits per heavy atom. The molecule has 1 saturated carbocycles. The summed E-state index contributed by atoms with van der Waals surface area (Å²) in [7, 11) is 3.28. The Morgan fingerprint density at radius 1 is 1.36 bits per heavy atom. The summed E-state index contributed by atoms with van der Waals surface area (Å²) in [4.78, 5) is 0. The first kappa shape index (κ1) is 8.60. The van der Waals surface area contributed by atoms with Crippen molar-refractivity contribution in [1.29, 1.82) is 0 Å². The van der Waals surface area contributed by atoms with E-state index in [1.807, 2.05) is 0 Å². The molecule has 0 bridgehead atoms. The van der Waals surface area contributed by atoms with E-state index < -0.39 is 0 Å². The second-order valence-corrected chi connectivity index (χ2v) is 6.44. The zero-order chi connectivity index (χ0) is 7.68. The Hall–Kier alpha value is 1.01. The van der Waals surface area contributed by atoms with E-state index in [1.165, 1.54) is 35.5 Å². The number of ether oxygens (including phenoxy) is 1. The van der Waals surface area contributed by atoms with Gasteiger partial charge in [0.15, 0.2) is 0 Å². The lowest BCUT2D eigenvalue weighted by Gasteiger charge is -2.08. The number of hydrogen-bond donors (Lipinski definition) is 1. The fourth-order valence-electron chi connectivity index (χ4n) is 2.06. The maximum atomic E-state index is 5.82. The van der Waals surface area contributed by atoms with Crippen LogP contribution in [0.2, 0.25) is 0 Å². The number of fused-ring (bicyclic) bond motifs is 1. The molecule has 0 radical (unpaired) electrons. The minimum Gasteiger partial charge on any atom is -0.363 e. The average molecular weight is 208 g/mol. The molecule has 4 heteroatoms. The Bertz CT molecular complexity index is 130. The standard InChI is InChI=1S/C7H12OS3/c9-11-10-7-4-5-2-1-3-6(5)8-7/h5-7,9H,1-4H2. The van der Waals surface area contributed by atoms with E-state index in [0.717, 1.165) is 5.92 Å². The fourth-order valence-corrected chi connectivity index (χ4v) is 4.19. The molecule has 1 aliphatic heterocycles. The van der Waals surface area contributed by atoms with Crippen molar-refractivity contribution in [3.05, 3.63) is 0 Å². The molecule has 64 valence electrons. The molecule has 1 aliphatic carbocycles. The van der Waals surface area contributed by atoms with Crippen LogP contribution in [0.1, 0.15) is 25.7 Å². The molecule has 0 aromatic heterocycles. The van der Waals surface area contributed by atoms with Crippen LogP contribution in [0.5, 0.6) is 0 Å². The summed E-state index contributed by atoms with van der Waals surface area (Å²) in [6.45, 7) is 0. The largest absolute Gasteiger partial charge is 0.363 e. The SMILES string of the molecule is SSSC1CC2CCCC2O1. The fraction of sp³-hybridized carbons (Fsp3) is 1.00. The summed E-state index contributed by atoms with van der Waals surface area (Å²) in [6.07, 6.45) is 5.90. The van der Waals surface area contributed by atoms with Gasteiger partial charge in [0.05, 0.1) is 6.10 Å². The number of thiol groups is 1. The minimum absolute atomic E-state index is 0.424. The third-order valence-electron chi connectivity index (χ3n) is 2.56. The first-order valence-electron chi connectivity index (χ1n) is 4.02. The van der Waals surface area contributed by atoms with E-state index in [0.29, 0.717) is 11.5 Å². The van der Waals surface area contributed by atoms with E-state index in [4.69, 9.17) is 4.74 Å². The van der Waals surface area contributed by atoms with Crippen molar-refractivity contribution < 1.29 is 4.74 Å². The van der Waals surface area contributed by atoms with Crippen LogP contribution in [0, 0.1) is 5.92 Å². The van der Waals surface area contributed by atoms with Gasteiger partial charge in [-0.2, -0.15) is 0 Å². The molecule has 0 amide bonds. The number of rotatable bonds is 2. The van der Waals surface area contributed by atoms with Gasteiger partial charge < -0.3 is 4.74 Å². The van der Waals surface area contributed by atoms with Gasteiger partial charge in [-0.15, -0.1) is 0 Å². The summed E-state index contributed by atoms with van der Waals surface area (Å²) in [5, 5.41) is 0. The summed E-state index contributed by atoms with van der Waals surface area (Å²) in [5.74, 6) is 0.869. The predicted molar refractivity (Wildman–Crippen MR) is 54.8 cm³/mol. The van der Waals surface area contributed by atoms with Gasteiger partial charge in [0.2, 0.25) is 0 Å². The quantitative estimate of drug-likeness (QED) is 0.552. The van der Waals surface area contributed by atoms with Crippen LogP contribution in [-0.2, 0) is 4.74 Å². The second kappa shape index (κ2) is 3.81. The topological polar surface area (TPSA) is 9.23 Å². The monoisotopic (exact) mass is 208 g/mol. The minimum atomic E-state index is 0.424. The van der Waals surface area contributed by atoms with Crippen molar-refractivity contribution in [3.63, 3.8) is 0 Å². The van der Waals surface area contributed by atoms with Crippen molar-refractivity contribution in [2.75, 3.05) is 0 Å². The van der Waals surface area contributed by atoms with Gasteiger partial charge >= 0.3 is 0 Å². The average Bonchev–Trinajstić information content (AvgIpc) is 2.46. The zero-order valence-electron chi connectivity index (χ0n) is 6.23. The lowest BCUT2D eigenvalue weighted by molar-refractivity contribution is 0.0862. The highest BCUT2D eigenvalue weighted by Crippen LogP contribution is 2.45. The summed E-state index contributed by atoms with van der Waals surface area (Å²) >= 11 is 4.10. The van der Waals surface area contributed by atoms with E-state index in [2.05, 4.69) is 11.7 Å². The lowest BCUT2D eigenvalue weighted by atomic mass is 10.1. The smallest absolute Gasteiger partial charge is 0.114 e. The summed E-state index contributed by atoms with van der Waals surface area (Å²) in [5.41, 5.74) is 0.424. The third kappa shape index (κ3) is 1.85. The molecule has 0 N–H and O–H groups in total. The van der Waals surface area contributed by atoms with Gasteiger partial charge in [-0.25, -0.2) is 0 Å². The Balaban J connectivity index is 1.84. The van der Waals surface area contributed by atoms with Gasteiger partial charge in [0.25, 0.3) is 0 Å². The van der Waals surface area contributed by atoms with Crippen molar-refractivity contribution in [2.24, 2.45) is 5.92 Å². The molecule has 1 saturated heterocycles. The van der Waals surface area contributed by atoms with E-state index in [9.17, 15) is 0 Å². The highest BCUT2D eigenvalue weighted by molar-refractivity contribution is 9.05. The molecule has 0 spiro atoms. The molecular weight excluding hydrogens is 196 g/mol. The molecule has 3 atom stereocenters. The van der Waals surface area contributed by atoms with Crippen LogP contribution < -0.4 is 0 Å². The first-order chi connectivity index (χ1) is 5.40. The molecule has 2 fully saturated rings. The van der Waals surface area contributed by atoms with Crippen LogP contribution >= 0.6 is 32.3 Å². The van der Waals surface area contributed by atoms with Gasteiger partial charge in [-0.05, 0) is 35.0 Å². The molecule has 3 unspecified atom stereocenters. The molecule has 1 heterocycles. The van der Waals surface area contributed by atoms with Crippen molar-refractivity contribution in [2.45, 2.75) is 37.2 Å². The van der Waals surface area contributed by atoms with Gasteiger partial charge in [-0.1, -0.05) is 28.9 Å². The molecule has 0 aromatic carbocycles. The first-order valence-corrected chi connectivity index (χ1v) is 7.29. The molecule has 2 rings (SSSR count). The molecule has 2 aliphatic rings. The zero-order valence-corrected chi connectivity index (χ0v) is 8.76. The van der Waals surface area contributed by atoms with Gasteiger partial charge in [0.1, 0.15) is 5.44 Å². The van der Waals surface area contributed by atoms with Crippen molar-refractivity contribution >= 4 is 32.3 Å². The van der Waals surface area contributed by atoms with Gasteiger partial charge in [-0.3, -0.25) is 0 Å². The van der Waals surface area contributed by atoms with E-state index >= 15 is 0 Å². The summed E-state index contributed by atoms with van der Waals surface area (Å²) in [6, 6.07) is 0. The maximum absolute atomic E-state index is 5.82. The van der Waals surface area contributed by atoms with E-state index in [1.54, 1.807) is 10.8 Å². The van der Waals surface area contributed by atoms with Crippen molar-refractivity contribution in [1.82, 2.24) is 0 Å². The molecule has 1 nitrogen and oxygen atoms in total. The molecule has 11 heavy (non-hydrogen) atoms.